The molecular weight excluding hydrogens is 266 g/mol. The molecule has 1 aliphatic carbocycles. The first kappa shape index (κ1) is 16.4. The van der Waals surface area contributed by atoms with Crippen LogP contribution in [-0.4, -0.2) is 32.3 Å². The molecular formula is C16H29N3O2. The number of aliphatic hydroxyl groups is 1. The van der Waals surface area contributed by atoms with Crippen molar-refractivity contribution in [1.29, 1.82) is 0 Å². The second-order valence-electron chi connectivity index (χ2n) is 6.95. The van der Waals surface area contributed by atoms with Crippen LogP contribution in [-0.2, 0) is 11.3 Å². The minimum atomic E-state index is -0.657. The van der Waals surface area contributed by atoms with Crippen LogP contribution in [0.1, 0.15) is 71.6 Å². The topological polar surface area (TPSA) is 60.2 Å². The van der Waals surface area contributed by atoms with Gasteiger partial charge in [0.2, 0.25) is 0 Å². The average molecular weight is 295 g/mol. The van der Waals surface area contributed by atoms with Crippen molar-refractivity contribution < 1.29 is 9.84 Å². The molecule has 0 saturated heterocycles. The molecule has 0 aromatic carbocycles. The Kier molecular flexibility index (Phi) is 5.04. The van der Waals surface area contributed by atoms with Crippen LogP contribution >= 0.6 is 0 Å². The summed E-state index contributed by atoms with van der Waals surface area (Å²) >= 11 is 0. The van der Waals surface area contributed by atoms with E-state index >= 15 is 0 Å². The molecule has 1 saturated carbocycles. The van der Waals surface area contributed by atoms with Gasteiger partial charge in [-0.1, -0.05) is 26.0 Å². The summed E-state index contributed by atoms with van der Waals surface area (Å²) in [5.41, 5.74) is 0.629. The molecule has 1 unspecified atom stereocenters. The Morgan fingerprint density at radius 1 is 1.29 bits per heavy atom. The molecule has 5 nitrogen and oxygen atoms in total. The largest absolute Gasteiger partial charge is 0.384 e. The zero-order chi connectivity index (χ0) is 15.5. The molecule has 0 aliphatic heterocycles. The van der Waals surface area contributed by atoms with Crippen LogP contribution in [0.2, 0.25) is 0 Å². The number of hydrogen-bond donors (Lipinski definition) is 1. The van der Waals surface area contributed by atoms with Crippen molar-refractivity contribution in [2.24, 2.45) is 5.41 Å². The van der Waals surface area contributed by atoms with E-state index in [1.54, 1.807) is 6.20 Å². The van der Waals surface area contributed by atoms with Gasteiger partial charge in [-0.2, -0.15) is 0 Å². The average Bonchev–Trinajstić information content (AvgIpc) is 2.89. The quantitative estimate of drug-likeness (QED) is 0.876. The SMILES string of the molecule is CCCn1nncc1C(O)C1(OCC)CCC(C)(C)CC1. The van der Waals surface area contributed by atoms with E-state index in [4.69, 9.17) is 4.74 Å². The summed E-state index contributed by atoms with van der Waals surface area (Å²) in [5, 5.41) is 19.0. The van der Waals surface area contributed by atoms with E-state index < -0.39 is 11.7 Å². The molecule has 21 heavy (non-hydrogen) atoms. The second-order valence-corrected chi connectivity index (χ2v) is 6.95. The highest BCUT2D eigenvalue weighted by Crippen LogP contribution is 2.47. The van der Waals surface area contributed by atoms with Crippen LogP contribution < -0.4 is 0 Å². The number of nitrogens with zero attached hydrogens (tertiary/aromatic N) is 3. The number of hydrogen-bond acceptors (Lipinski definition) is 4. The lowest BCUT2D eigenvalue weighted by atomic mass is 9.68. The fraction of sp³-hybridized carbons (Fsp3) is 0.875. The summed E-state index contributed by atoms with van der Waals surface area (Å²) in [6, 6.07) is 0. The lowest BCUT2D eigenvalue weighted by Gasteiger charge is -2.45. The maximum absolute atomic E-state index is 11.0. The van der Waals surface area contributed by atoms with E-state index in [2.05, 4.69) is 31.1 Å². The van der Waals surface area contributed by atoms with Crippen LogP contribution in [0.25, 0.3) is 0 Å². The van der Waals surface area contributed by atoms with Gasteiger partial charge in [0.15, 0.2) is 0 Å². The van der Waals surface area contributed by atoms with Gasteiger partial charge in [0.1, 0.15) is 6.10 Å². The van der Waals surface area contributed by atoms with Gasteiger partial charge in [0.05, 0.1) is 17.5 Å². The van der Waals surface area contributed by atoms with Gasteiger partial charge in [-0.05, 0) is 44.4 Å². The van der Waals surface area contributed by atoms with Crippen LogP contribution in [0, 0.1) is 5.41 Å². The third-order valence-electron chi connectivity index (χ3n) is 4.74. The van der Waals surface area contributed by atoms with Crippen molar-refractivity contribution >= 4 is 0 Å². The molecule has 1 aromatic rings. The Bertz CT molecular complexity index is 446. The lowest BCUT2D eigenvalue weighted by Crippen LogP contribution is -2.45. The summed E-state index contributed by atoms with van der Waals surface area (Å²) in [5.74, 6) is 0. The first-order valence-electron chi connectivity index (χ1n) is 8.14. The molecule has 0 spiro atoms. The van der Waals surface area contributed by atoms with E-state index in [9.17, 15) is 5.11 Å². The summed E-state index contributed by atoms with van der Waals surface area (Å²) < 4.78 is 7.87. The highest BCUT2D eigenvalue weighted by atomic mass is 16.5. The lowest BCUT2D eigenvalue weighted by molar-refractivity contribution is -0.155. The van der Waals surface area contributed by atoms with Gasteiger partial charge < -0.3 is 9.84 Å². The minimum absolute atomic E-state index is 0.336. The maximum Gasteiger partial charge on any atom is 0.126 e. The second kappa shape index (κ2) is 6.44. The van der Waals surface area contributed by atoms with Gasteiger partial charge in [-0.15, -0.1) is 5.10 Å². The molecule has 0 radical (unpaired) electrons. The van der Waals surface area contributed by atoms with Crippen molar-refractivity contribution in [2.45, 2.75) is 78.0 Å². The molecule has 1 N–H and O–H groups in total. The van der Waals surface area contributed by atoms with Crippen molar-refractivity contribution in [3.63, 3.8) is 0 Å². The molecule has 5 heteroatoms. The van der Waals surface area contributed by atoms with Crippen LogP contribution in [0.4, 0.5) is 0 Å². The smallest absolute Gasteiger partial charge is 0.126 e. The van der Waals surface area contributed by atoms with Gasteiger partial charge >= 0.3 is 0 Å². The molecule has 1 atom stereocenters. The fourth-order valence-corrected chi connectivity index (χ4v) is 3.27. The first-order valence-corrected chi connectivity index (χ1v) is 8.14. The predicted octanol–water partition coefficient (Wildman–Crippen LogP) is 3.10. The van der Waals surface area contributed by atoms with E-state index in [0.717, 1.165) is 44.3 Å². The molecule has 0 amide bonds. The monoisotopic (exact) mass is 295 g/mol. The third-order valence-corrected chi connectivity index (χ3v) is 4.74. The molecule has 120 valence electrons. The Morgan fingerprint density at radius 3 is 2.52 bits per heavy atom. The highest BCUT2D eigenvalue weighted by Gasteiger charge is 2.46. The van der Waals surface area contributed by atoms with Gasteiger partial charge in [-0.3, -0.25) is 0 Å². The summed E-state index contributed by atoms with van der Waals surface area (Å²) in [7, 11) is 0. The van der Waals surface area contributed by atoms with Crippen molar-refractivity contribution in [3.8, 4) is 0 Å². The summed E-state index contributed by atoms with van der Waals surface area (Å²) in [6.07, 6.45) is 5.89. The number of aryl methyl sites for hydroxylation is 1. The van der Waals surface area contributed by atoms with Crippen molar-refractivity contribution in [2.75, 3.05) is 6.61 Å². The highest BCUT2D eigenvalue weighted by molar-refractivity contribution is 5.09. The minimum Gasteiger partial charge on any atom is -0.384 e. The number of ether oxygens (including phenoxy) is 1. The Morgan fingerprint density at radius 2 is 1.95 bits per heavy atom. The molecule has 1 heterocycles. The zero-order valence-electron chi connectivity index (χ0n) is 13.8. The molecule has 1 fully saturated rings. The van der Waals surface area contributed by atoms with E-state index in [-0.39, 0.29) is 0 Å². The molecule has 2 rings (SSSR count). The van der Waals surface area contributed by atoms with Crippen LogP contribution in [0.5, 0.6) is 0 Å². The van der Waals surface area contributed by atoms with Crippen LogP contribution in [0.3, 0.4) is 0 Å². The number of rotatable bonds is 6. The van der Waals surface area contributed by atoms with Gasteiger partial charge in [-0.25, -0.2) is 4.68 Å². The fourth-order valence-electron chi connectivity index (χ4n) is 3.27. The standard InChI is InChI=1S/C16H29N3O2/c1-5-11-19-13(12-17-18-19)14(20)16(21-6-2)9-7-15(3,4)8-10-16/h12,14,20H,5-11H2,1-4H3. The Balaban J connectivity index is 2.23. The van der Waals surface area contributed by atoms with Gasteiger partial charge in [0, 0.05) is 13.2 Å². The summed E-state index contributed by atoms with van der Waals surface area (Å²) in [6.45, 7) is 10.1. The van der Waals surface area contributed by atoms with E-state index in [0.29, 0.717) is 12.0 Å². The maximum atomic E-state index is 11.0. The molecule has 0 bridgehead atoms. The number of aliphatic hydroxyl groups excluding tert-OH is 1. The Labute approximate surface area is 127 Å². The van der Waals surface area contributed by atoms with Crippen LogP contribution in [0.15, 0.2) is 6.20 Å². The van der Waals surface area contributed by atoms with Gasteiger partial charge in [0.25, 0.3) is 0 Å². The molecule has 1 aliphatic rings. The molecule has 1 aromatic heterocycles. The Hall–Kier alpha value is -0.940. The van der Waals surface area contributed by atoms with Crippen molar-refractivity contribution in [1.82, 2.24) is 15.0 Å². The normalized spacial score (nSPS) is 22.1. The predicted molar refractivity (Wildman–Crippen MR) is 81.9 cm³/mol. The van der Waals surface area contributed by atoms with E-state index in [1.165, 1.54) is 0 Å². The summed E-state index contributed by atoms with van der Waals surface area (Å²) in [4.78, 5) is 0. The third kappa shape index (κ3) is 3.46. The first-order chi connectivity index (χ1) is 9.94. The van der Waals surface area contributed by atoms with E-state index in [1.807, 2.05) is 11.6 Å². The van der Waals surface area contributed by atoms with Crippen molar-refractivity contribution in [3.05, 3.63) is 11.9 Å². The zero-order valence-corrected chi connectivity index (χ0v) is 13.8. The number of aromatic nitrogens is 3.